The van der Waals surface area contributed by atoms with Gasteiger partial charge in [0.05, 0.1) is 6.04 Å². The van der Waals surface area contributed by atoms with E-state index in [2.05, 4.69) is 11.2 Å². The van der Waals surface area contributed by atoms with E-state index in [-0.39, 0.29) is 23.8 Å². The standard InChI is InChI=1S/C13H20N2O2/c1-6-8(3)11-13(17)15(9(4)7-2)10(5)12(16)14-11/h2,8-11H,6H2,1,3-5H3,(H,14,16). The number of hydrogen-bond acceptors (Lipinski definition) is 2. The number of terminal acetylenes is 1. The fraction of sp³-hybridized carbons (Fsp3) is 0.692. The molecule has 0 radical (unpaired) electrons. The van der Waals surface area contributed by atoms with Crippen LogP contribution >= 0.6 is 0 Å². The van der Waals surface area contributed by atoms with Crippen LogP contribution in [0.3, 0.4) is 0 Å². The lowest BCUT2D eigenvalue weighted by Crippen LogP contribution is -2.65. The van der Waals surface area contributed by atoms with Gasteiger partial charge in [-0.3, -0.25) is 9.59 Å². The van der Waals surface area contributed by atoms with E-state index in [0.29, 0.717) is 0 Å². The highest BCUT2D eigenvalue weighted by atomic mass is 16.2. The highest BCUT2D eigenvalue weighted by Crippen LogP contribution is 2.19. The summed E-state index contributed by atoms with van der Waals surface area (Å²) in [5, 5.41) is 2.78. The summed E-state index contributed by atoms with van der Waals surface area (Å²) in [6.07, 6.45) is 6.19. The molecule has 0 spiro atoms. The quantitative estimate of drug-likeness (QED) is 0.736. The van der Waals surface area contributed by atoms with Crippen molar-refractivity contribution < 1.29 is 9.59 Å². The molecule has 4 unspecified atom stereocenters. The van der Waals surface area contributed by atoms with Gasteiger partial charge in [0.15, 0.2) is 0 Å². The number of amides is 2. The Morgan fingerprint density at radius 2 is 2.06 bits per heavy atom. The Hall–Kier alpha value is -1.50. The molecule has 1 rings (SSSR count). The maximum atomic E-state index is 12.3. The van der Waals surface area contributed by atoms with Crippen molar-refractivity contribution in [2.24, 2.45) is 5.92 Å². The Morgan fingerprint density at radius 1 is 1.47 bits per heavy atom. The summed E-state index contributed by atoms with van der Waals surface area (Å²) < 4.78 is 0. The van der Waals surface area contributed by atoms with Crippen molar-refractivity contribution in [2.75, 3.05) is 0 Å². The third kappa shape index (κ3) is 2.44. The maximum Gasteiger partial charge on any atom is 0.247 e. The topological polar surface area (TPSA) is 49.4 Å². The number of carbonyl (C=O) groups excluding carboxylic acids is 2. The molecule has 4 atom stereocenters. The van der Waals surface area contributed by atoms with Crippen LogP contribution in [0.15, 0.2) is 0 Å². The van der Waals surface area contributed by atoms with Crippen LogP contribution in [-0.2, 0) is 9.59 Å². The fourth-order valence-electron chi connectivity index (χ4n) is 2.04. The van der Waals surface area contributed by atoms with Crippen LogP contribution in [0, 0.1) is 18.3 Å². The lowest BCUT2D eigenvalue weighted by Gasteiger charge is -2.41. The van der Waals surface area contributed by atoms with Gasteiger partial charge < -0.3 is 10.2 Å². The molecule has 1 aliphatic heterocycles. The van der Waals surface area contributed by atoms with Gasteiger partial charge in [0.25, 0.3) is 0 Å². The van der Waals surface area contributed by atoms with Crippen molar-refractivity contribution in [3.8, 4) is 12.3 Å². The zero-order valence-electron chi connectivity index (χ0n) is 10.9. The number of nitrogens with one attached hydrogen (secondary N) is 1. The van der Waals surface area contributed by atoms with Crippen LogP contribution in [0.5, 0.6) is 0 Å². The Labute approximate surface area is 103 Å². The van der Waals surface area contributed by atoms with Gasteiger partial charge >= 0.3 is 0 Å². The van der Waals surface area contributed by atoms with Crippen LogP contribution < -0.4 is 5.32 Å². The number of piperazine rings is 1. The molecular formula is C13H20N2O2. The zero-order chi connectivity index (χ0) is 13.2. The summed E-state index contributed by atoms with van der Waals surface area (Å²) in [5.41, 5.74) is 0. The molecule has 0 saturated carbocycles. The maximum absolute atomic E-state index is 12.3. The predicted octanol–water partition coefficient (Wildman–Crippen LogP) is 0.770. The molecule has 0 aromatic carbocycles. The van der Waals surface area contributed by atoms with Crippen LogP contribution in [0.4, 0.5) is 0 Å². The van der Waals surface area contributed by atoms with Crippen LogP contribution in [0.25, 0.3) is 0 Å². The summed E-state index contributed by atoms with van der Waals surface area (Å²) in [6.45, 7) is 7.42. The molecule has 1 N–H and O–H groups in total. The minimum absolute atomic E-state index is 0.0723. The first-order chi connectivity index (χ1) is 7.93. The normalized spacial score (nSPS) is 28.3. The van der Waals surface area contributed by atoms with Gasteiger partial charge in [-0.15, -0.1) is 6.42 Å². The molecule has 1 aliphatic rings. The molecule has 1 saturated heterocycles. The van der Waals surface area contributed by atoms with Gasteiger partial charge in [-0.1, -0.05) is 26.2 Å². The number of rotatable bonds is 3. The molecule has 1 fully saturated rings. The Balaban J connectivity index is 3.00. The van der Waals surface area contributed by atoms with Gasteiger partial charge in [-0.25, -0.2) is 0 Å². The summed E-state index contributed by atoms with van der Waals surface area (Å²) in [6, 6.07) is -1.29. The lowest BCUT2D eigenvalue weighted by atomic mass is 9.94. The Kier molecular flexibility index (Phi) is 4.17. The molecule has 94 valence electrons. The average Bonchev–Trinajstić information content (AvgIpc) is 2.32. The third-order valence-corrected chi connectivity index (χ3v) is 3.49. The second-order valence-corrected chi connectivity index (χ2v) is 4.64. The second kappa shape index (κ2) is 5.22. The van der Waals surface area contributed by atoms with E-state index >= 15 is 0 Å². The number of nitrogens with zero attached hydrogens (tertiary/aromatic N) is 1. The molecule has 0 bridgehead atoms. The molecule has 2 amide bonds. The Morgan fingerprint density at radius 3 is 2.53 bits per heavy atom. The van der Waals surface area contributed by atoms with Gasteiger partial charge in [0.1, 0.15) is 12.1 Å². The van der Waals surface area contributed by atoms with Gasteiger partial charge in [0.2, 0.25) is 11.8 Å². The smallest absolute Gasteiger partial charge is 0.247 e. The van der Waals surface area contributed by atoms with E-state index in [0.717, 1.165) is 6.42 Å². The van der Waals surface area contributed by atoms with E-state index in [1.165, 1.54) is 4.90 Å². The van der Waals surface area contributed by atoms with Crippen molar-refractivity contribution in [1.29, 1.82) is 0 Å². The molecule has 1 heterocycles. The van der Waals surface area contributed by atoms with Gasteiger partial charge in [-0.2, -0.15) is 0 Å². The molecule has 0 aromatic heterocycles. The molecule has 17 heavy (non-hydrogen) atoms. The van der Waals surface area contributed by atoms with Crippen molar-refractivity contribution in [3.63, 3.8) is 0 Å². The monoisotopic (exact) mass is 236 g/mol. The van der Waals surface area contributed by atoms with Crippen LogP contribution in [0.2, 0.25) is 0 Å². The first-order valence-electron chi connectivity index (χ1n) is 6.02. The fourth-order valence-corrected chi connectivity index (χ4v) is 2.04. The van der Waals surface area contributed by atoms with Crippen molar-refractivity contribution >= 4 is 11.8 Å². The highest BCUT2D eigenvalue weighted by molar-refractivity contribution is 5.97. The third-order valence-electron chi connectivity index (χ3n) is 3.49. The number of hydrogen-bond donors (Lipinski definition) is 1. The lowest BCUT2D eigenvalue weighted by molar-refractivity contribution is -0.151. The summed E-state index contributed by atoms with van der Waals surface area (Å²) >= 11 is 0. The predicted molar refractivity (Wildman–Crippen MR) is 66.0 cm³/mol. The first kappa shape index (κ1) is 13.6. The summed E-state index contributed by atoms with van der Waals surface area (Å²) in [5.74, 6) is 2.44. The largest absolute Gasteiger partial charge is 0.342 e. The number of carbonyl (C=O) groups is 2. The Bertz CT molecular complexity index is 359. The minimum Gasteiger partial charge on any atom is -0.342 e. The van der Waals surface area contributed by atoms with Crippen molar-refractivity contribution in [3.05, 3.63) is 0 Å². The summed E-state index contributed by atoms with van der Waals surface area (Å²) in [4.78, 5) is 25.6. The second-order valence-electron chi connectivity index (χ2n) is 4.64. The van der Waals surface area contributed by atoms with E-state index in [1.807, 2.05) is 13.8 Å². The van der Waals surface area contributed by atoms with E-state index < -0.39 is 12.1 Å². The average molecular weight is 236 g/mol. The molecule has 0 aromatic rings. The van der Waals surface area contributed by atoms with Crippen molar-refractivity contribution in [1.82, 2.24) is 10.2 Å². The van der Waals surface area contributed by atoms with Gasteiger partial charge in [-0.05, 0) is 19.8 Å². The van der Waals surface area contributed by atoms with E-state index in [4.69, 9.17) is 6.42 Å². The molecule has 4 heteroatoms. The minimum atomic E-state index is -0.492. The zero-order valence-corrected chi connectivity index (χ0v) is 10.9. The van der Waals surface area contributed by atoms with Crippen LogP contribution in [0.1, 0.15) is 34.1 Å². The molecular weight excluding hydrogens is 216 g/mol. The van der Waals surface area contributed by atoms with E-state index in [1.54, 1.807) is 13.8 Å². The van der Waals surface area contributed by atoms with Crippen molar-refractivity contribution in [2.45, 2.75) is 52.2 Å². The van der Waals surface area contributed by atoms with Crippen LogP contribution in [-0.4, -0.2) is 34.8 Å². The van der Waals surface area contributed by atoms with Gasteiger partial charge in [0, 0.05) is 0 Å². The SMILES string of the molecule is C#CC(C)N1C(=O)C(C(C)CC)NC(=O)C1C. The van der Waals surface area contributed by atoms with E-state index in [9.17, 15) is 9.59 Å². The molecule has 0 aliphatic carbocycles. The molecule has 4 nitrogen and oxygen atoms in total. The first-order valence-corrected chi connectivity index (χ1v) is 6.02. The highest BCUT2D eigenvalue weighted by Gasteiger charge is 2.41. The summed E-state index contributed by atoms with van der Waals surface area (Å²) in [7, 11) is 0.